The first kappa shape index (κ1) is 18.4. The van der Waals surface area contributed by atoms with Crippen LogP contribution in [0.4, 0.5) is 10.1 Å². The predicted molar refractivity (Wildman–Crippen MR) is 98.3 cm³/mol. The number of anilines is 1. The molecule has 2 heterocycles. The molecule has 0 aliphatic carbocycles. The summed E-state index contributed by atoms with van der Waals surface area (Å²) in [4.78, 5) is 16.7. The smallest absolute Gasteiger partial charge is 0.257 e. The van der Waals surface area contributed by atoms with Crippen LogP contribution in [0.3, 0.4) is 0 Å². The number of hydrogen-bond donors (Lipinski definition) is 1. The van der Waals surface area contributed by atoms with Crippen molar-refractivity contribution in [3.63, 3.8) is 0 Å². The molecule has 7 nitrogen and oxygen atoms in total. The largest absolute Gasteiger partial charge is 0.493 e. The van der Waals surface area contributed by atoms with Gasteiger partial charge in [0.05, 0.1) is 31.2 Å². The van der Waals surface area contributed by atoms with Crippen molar-refractivity contribution in [3.8, 4) is 17.3 Å². The van der Waals surface area contributed by atoms with Crippen molar-refractivity contribution in [2.75, 3.05) is 19.5 Å². The number of benzene rings is 1. The van der Waals surface area contributed by atoms with Gasteiger partial charge in [-0.05, 0) is 32.0 Å². The van der Waals surface area contributed by atoms with Crippen LogP contribution in [0.5, 0.6) is 11.5 Å². The number of hydrogen-bond acceptors (Lipinski definition) is 5. The first-order valence-electron chi connectivity index (χ1n) is 8.15. The topological polar surface area (TPSA) is 78.3 Å². The van der Waals surface area contributed by atoms with E-state index in [-0.39, 0.29) is 17.0 Å². The maximum Gasteiger partial charge on any atom is 0.257 e. The number of aromatic nitrogens is 3. The van der Waals surface area contributed by atoms with Crippen molar-refractivity contribution in [1.82, 2.24) is 14.8 Å². The number of nitrogens with one attached hydrogen (secondary N) is 1. The third-order valence-corrected chi connectivity index (χ3v) is 3.96. The number of nitrogens with zero attached hydrogens (tertiary/aromatic N) is 3. The molecule has 0 radical (unpaired) electrons. The van der Waals surface area contributed by atoms with Gasteiger partial charge in [0, 0.05) is 24.0 Å². The average molecular weight is 370 g/mol. The van der Waals surface area contributed by atoms with E-state index in [1.807, 2.05) is 19.9 Å². The second-order valence-corrected chi connectivity index (χ2v) is 5.89. The molecule has 1 N–H and O–H groups in total. The minimum atomic E-state index is -0.631. The molecule has 8 heteroatoms. The zero-order valence-corrected chi connectivity index (χ0v) is 15.4. The van der Waals surface area contributed by atoms with E-state index in [0.717, 1.165) is 17.5 Å². The van der Waals surface area contributed by atoms with E-state index in [0.29, 0.717) is 11.6 Å². The summed E-state index contributed by atoms with van der Waals surface area (Å²) in [6, 6.07) is 7.73. The molecule has 27 heavy (non-hydrogen) atoms. The predicted octanol–water partition coefficient (Wildman–Crippen LogP) is 3.29. The Kier molecular flexibility index (Phi) is 5.07. The SMILES string of the molecule is COc1cc(F)c(NC(=O)c2ccc(-n3nc(C)cc3C)nc2)cc1OC. The van der Waals surface area contributed by atoms with Crippen LogP contribution >= 0.6 is 0 Å². The number of rotatable bonds is 5. The normalized spacial score (nSPS) is 10.6. The monoisotopic (exact) mass is 370 g/mol. The van der Waals surface area contributed by atoms with Crippen LogP contribution in [0, 0.1) is 19.7 Å². The highest BCUT2D eigenvalue weighted by molar-refractivity contribution is 6.04. The molecule has 0 saturated carbocycles. The van der Waals surface area contributed by atoms with Gasteiger partial charge in [0.1, 0.15) is 0 Å². The van der Waals surface area contributed by atoms with Crippen molar-refractivity contribution in [1.29, 1.82) is 0 Å². The summed E-state index contributed by atoms with van der Waals surface area (Å²) in [6.45, 7) is 3.81. The van der Waals surface area contributed by atoms with Crippen molar-refractivity contribution >= 4 is 11.6 Å². The summed E-state index contributed by atoms with van der Waals surface area (Å²) in [5.74, 6) is 0.0207. The highest BCUT2D eigenvalue weighted by Crippen LogP contribution is 2.32. The lowest BCUT2D eigenvalue weighted by Gasteiger charge is -2.12. The molecule has 0 aliphatic heterocycles. The molecule has 0 fully saturated rings. The molecule has 0 unspecified atom stereocenters. The third-order valence-electron chi connectivity index (χ3n) is 3.96. The van der Waals surface area contributed by atoms with Crippen molar-refractivity contribution in [2.24, 2.45) is 0 Å². The fraction of sp³-hybridized carbons (Fsp3) is 0.211. The molecule has 0 saturated heterocycles. The summed E-state index contributed by atoms with van der Waals surface area (Å²) in [7, 11) is 2.84. The minimum Gasteiger partial charge on any atom is -0.493 e. The number of pyridine rings is 1. The fourth-order valence-corrected chi connectivity index (χ4v) is 2.65. The highest BCUT2D eigenvalue weighted by Gasteiger charge is 2.15. The molecule has 0 atom stereocenters. The van der Waals surface area contributed by atoms with Crippen molar-refractivity contribution < 1.29 is 18.7 Å². The van der Waals surface area contributed by atoms with Gasteiger partial charge >= 0.3 is 0 Å². The Morgan fingerprint density at radius 1 is 1.11 bits per heavy atom. The molecule has 1 aromatic carbocycles. The number of carbonyl (C=O) groups is 1. The van der Waals surface area contributed by atoms with Crippen molar-refractivity contribution in [2.45, 2.75) is 13.8 Å². The Bertz CT molecular complexity index is 983. The number of amides is 1. The molecule has 0 spiro atoms. The van der Waals surface area contributed by atoms with Gasteiger partial charge in [0.2, 0.25) is 0 Å². The second-order valence-electron chi connectivity index (χ2n) is 5.89. The Morgan fingerprint density at radius 3 is 2.37 bits per heavy atom. The number of carbonyl (C=O) groups excluding carboxylic acids is 1. The van der Waals surface area contributed by atoms with Crippen LogP contribution in [-0.4, -0.2) is 34.9 Å². The molecule has 1 amide bonds. The maximum atomic E-state index is 14.2. The first-order chi connectivity index (χ1) is 12.9. The third kappa shape index (κ3) is 3.74. The Morgan fingerprint density at radius 2 is 1.81 bits per heavy atom. The highest BCUT2D eigenvalue weighted by atomic mass is 19.1. The van der Waals surface area contributed by atoms with E-state index in [1.165, 1.54) is 26.5 Å². The molecule has 2 aromatic heterocycles. The standard InChI is InChI=1S/C19H19FN4O3/c1-11-7-12(2)24(23-11)18-6-5-13(10-21-18)19(25)22-15-9-17(27-4)16(26-3)8-14(15)20/h5-10H,1-4H3,(H,22,25). The van der Waals surface area contributed by atoms with Gasteiger partial charge in [-0.3, -0.25) is 4.79 Å². The van der Waals surface area contributed by atoms with Gasteiger partial charge in [-0.1, -0.05) is 0 Å². The van der Waals surface area contributed by atoms with E-state index in [4.69, 9.17) is 9.47 Å². The quantitative estimate of drug-likeness (QED) is 0.746. The molecular weight excluding hydrogens is 351 g/mol. The summed E-state index contributed by atoms with van der Waals surface area (Å²) in [5.41, 5.74) is 2.08. The summed E-state index contributed by atoms with van der Waals surface area (Å²) in [6.07, 6.45) is 1.42. The Hall–Kier alpha value is -3.42. The van der Waals surface area contributed by atoms with E-state index in [9.17, 15) is 9.18 Å². The van der Waals surface area contributed by atoms with E-state index < -0.39 is 11.7 Å². The Balaban J connectivity index is 1.82. The lowest BCUT2D eigenvalue weighted by Crippen LogP contribution is -2.14. The first-order valence-corrected chi connectivity index (χ1v) is 8.15. The molecular formula is C19H19FN4O3. The zero-order valence-electron chi connectivity index (χ0n) is 15.4. The van der Waals surface area contributed by atoms with E-state index in [1.54, 1.807) is 16.8 Å². The van der Waals surface area contributed by atoms with Gasteiger partial charge < -0.3 is 14.8 Å². The van der Waals surface area contributed by atoms with Crippen molar-refractivity contribution in [3.05, 3.63) is 59.3 Å². The fourth-order valence-electron chi connectivity index (χ4n) is 2.65. The zero-order chi connectivity index (χ0) is 19.6. The number of aryl methyl sites for hydroxylation is 2. The molecule has 140 valence electrons. The summed E-state index contributed by atoms with van der Waals surface area (Å²) < 4.78 is 26.0. The lowest BCUT2D eigenvalue weighted by atomic mass is 10.2. The van der Waals surface area contributed by atoms with Crippen LogP contribution in [0.25, 0.3) is 5.82 Å². The van der Waals surface area contributed by atoms with Gasteiger partial charge in [0.25, 0.3) is 5.91 Å². The molecule has 0 bridgehead atoms. The average Bonchev–Trinajstić information content (AvgIpc) is 3.01. The van der Waals surface area contributed by atoms with E-state index >= 15 is 0 Å². The minimum absolute atomic E-state index is 0.0136. The Labute approximate surface area is 155 Å². The number of methoxy groups -OCH3 is 2. The van der Waals surface area contributed by atoms with Crippen LogP contribution in [0.15, 0.2) is 36.5 Å². The number of ether oxygens (including phenoxy) is 2. The van der Waals surface area contributed by atoms with Crippen LogP contribution < -0.4 is 14.8 Å². The van der Waals surface area contributed by atoms with Gasteiger partial charge in [-0.2, -0.15) is 5.10 Å². The maximum absolute atomic E-state index is 14.2. The summed E-state index contributed by atoms with van der Waals surface area (Å²) >= 11 is 0. The molecule has 0 aliphatic rings. The molecule has 3 aromatic rings. The lowest BCUT2D eigenvalue weighted by molar-refractivity contribution is 0.102. The molecule has 3 rings (SSSR count). The number of halogens is 1. The van der Waals surface area contributed by atoms with Crippen LogP contribution in [0.1, 0.15) is 21.7 Å². The van der Waals surface area contributed by atoms with Crippen LogP contribution in [-0.2, 0) is 0 Å². The van der Waals surface area contributed by atoms with E-state index in [2.05, 4.69) is 15.4 Å². The van der Waals surface area contributed by atoms with Gasteiger partial charge in [0.15, 0.2) is 23.1 Å². The van der Waals surface area contributed by atoms with Crippen LogP contribution in [0.2, 0.25) is 0 Å². The second kappa shape index (κ2) is 7.45. The summed E-state index contributed by atoms with van der Waals surface area (Å²) in [5, 5.41) is 6.86. The van der Waals surface area contributed by atoms with Gasteiger partial charge in [-0.25, -0.2) is 14.1 Å². The van der Waals surface area contributed by atoms with Gasteiger partial charge in [-0.15, -0.1) is 0 Å².